The third-order valence-corrected chi connectivity index (χ3v) is 24.8. The van der Waals surface area contributed by atoms with E-state index in [2.05, 4.69) is 57.8 Å². The van der Waals surface area contributed by atoms with E-state index in [1.807, 2.05) is 26.0 Å². The van der Waals surface area contributed by atoms with Crippen LogP contribution in [0.15, 0.2) is 85.2 Å². The number of aromatic hydroxyl groups is 1. The molecule has 4 fully saturated rings. The van der Waals surface area contributed by atoms with E-state index >= 15 is 28.8 Å². The predicted molar refractivity (Wildman–Crippen MR) is 468 cm³/mol. The van der Waals surface area contributed by atoms with Crippen LogP contribution in [0.2, 0.25) is 0 Å². The fourth-order valence-corrected chi connectivity index (χ4v) is 17.6. The molecule has 5 aromatic rings. The van der Waals surface area contributed by atoms with Gasteiger partial charge in [-0.3, -0.25) is 86.3 Å². The number of carbonyl (C=O) groups excluding carboxylic acids is 16. The van der Waals surface area contributed by atoms with Crippen molar-refractivity contribution in [3.05, 3.63) is 102 Å². The number of unbranched alkanes of at least 4 members (excludes halogenated alkanes) is 2. The average Bonchev–Trinajstić information content (AvgIpc) is 1.75. The van der Waals surface area contributed by atoms with Crippen LogP contribution in [-0.4, -0.2) is 300 Å². The standard InChI is InChI=1S/C87H119N19O21S/c1-6-8-21-65-79(119)94-48(3)75(115)101-64(77(117)93-45-71(90)109)46-128-47-72(110)95-60(37-49-26-28-53(107)29-27-49)85(125)105-35-15-24-67(105)81(121)99-62(41-74(113)114)86(126)106-36-16-25-68(106)82(122)100-63(42-89)78(118)96-58(30-31-73(111)112)84(124)104-34-14-23-66(104)80(120)97-59(38-51-43-91-56-19-12-10-17-54(51)56)70(108)40-50(32-33-88)76(116)98-61(39-52-44-92-57-20-13-11-18-55(52)57)83(123)103(5)69(22-9-7-2)87(127)102(65)4/h10-13,17-20,26-29,43-44,48,50,58-69,91-92,107H,6-9,14-16,21-25,30-42,45-47,88-89H2,1-5H3,(H2,90,109)(H,93,117)(H,94,119)(H,95,110)(H,96,118)(H,97,120)(H,98,116)(H,99,121)(H,100,122)(H,101,115)(H,111,112)(H,113,114)/t48-,50+,58-,59-,60-,61-,62-,63-,64-,65-,66-,67-,68-,69-/m0/s1. The maximum absolute atomic E-state index is 15.7. The Morgan fingerprint density at radius 1 is 0.508 bits per heavy atom. The molecule has 4 aliphatic heterocycles. The van der Waals surface area contributed by atoms with Gasteiger partial charge in [0.25, 0.3) is 0 Å². The number of aliphatic carboxylic acids is 2. The van der Waals surface area contributed by atoms with Gasteiger partial charge in [0.1, 0.15) is 78.3 Å². The number of Topliss-reactive ketones (excluding diaryl/α,β-unsaturated/α-hetero) is 1. The highest BCUT2D eigenvalue weighted by molar-refractivity contribution is 8.00. The summed E-state index contributed by atoms with van der Waals surface area (Å²) in [5.74, 6) is -19.4. The van der Waals surface area contributed by atoms with Gasteiger partial charge in [-0.05, 0) is 119 Å². The summed E-state index contributed by atoms with van der Waals surface area (Å²) in [5, 5.41) is 55.2. The van der Waals surface area contributed by atoms with Crippen molar-refractivity contribution in [3.8, 4) is 5.75 Å². The second-order valence-electron chi connectivity index (χ2n) is 32.9. The number of likely N-dealkylation sites (N-methyl/N-ethyl adjacent to an activating group) is 2. The van der Waals surface area contributed by atoms with Gasteiger partial charge in [-0.2, -0.15) is 0 Å². The number of aromatic amines is 2. The van der Waals surface area contributed by atoms with Crippen molar-refractivity contribution in [1.82, 2.24) is 82.3 Å². The van der Waals surface area contributed by atoms with Gasteiger partial charge in [-0.25, -0.2) is 0 Å². The summed E-state index contributed by atoms with van der Waals surface area (Å²) in [7, 11) is 2.77. The van der Waals surface area contributed by atoms with Crippen molar-refractivity contribution >= 4 is 140 Å². The van der Waals surface area contributed by atoms with Crippen LogP contribution in [0.3, 0.4) is 0 Å². The molecule has 41 heteroatoms. The van der Waals surface area contributed by atoms with E-state index in [0.29, 0.717) is 64.2 Å². The number of thioether (sulfide) groups is 1. The zero-order valence-corrected chi connectivity index (χ0v) is 73.3. The lowest BCUT2D eigenvalue weighted by molar-refractivity contribution is -0.149. The summed E-state index contributed by atoms with van der Waals surface area (Å²) in [5.41, 5.74) is 20.7. The van der Waals surface area contributed by atoms with Gasteiger partial charge < -0.3 is 115 Å². The molecule has 0 unspecified atom stereocenters. The summed E-state index contributed by atoms with van der Waals surface area (Å²) < 4.78 is 0. The maximum Gasteiger partial charge on any atom is 0.305 e. The third kappa shape index (κ3) is 26.6. The number of fused-ring (bicyclic) bond motifs is 5. The summed E-state index contributed by atoms with van der Waals surface area (Å²) >= 11 is 0.789. The van der Waals surface area contributed by atoms with Crippen molar-refractivity contribution in [2.24, 2.45) is 23.1 Å². The molecule has 0 spiro atoms. The second-order valence-corrected chi connectivity index (χ2v) is 33.9. The lowest BCUT2D eigenvalue weighted by Crippen LogP contribution is -2.61. The number of phenolic OH excluding ortho intramolecular Hbond substituents is 1. The topological polar surface area (TPSA) is 602 Å². The van der Waals surface area contributed by atoms with Crippen molar-refractivity contribution in [3.63, 3.8) is 0 Å². The Balaban J connectivity index is 1.07. The number of hydrogen-bond acceptors (Lipinski definition) is 22. The van der Waals surface area contributed by atoms with Crippen molar-refractivity contribution in [2.75, 3.05) is 64.9 Å². The predicted octanol–water partition coefficient (Wildman–Crippen LogP) is -1.14. The number of hydrogen-bond donors (Lipinski definition) is 17. The van der Waals surface area contributed by atoms with E-state index in [1.165, 1.54) is 55.1 Å². The van der Waals surface area contributed by atoms with Gasteiger partial charge in [0.2, 0.25) is 88.6 Å². The molecule has 0 radical (unpaired) electrons. The number of primary amides is 1. The van der Waals surface area contributed by atoms with Gasteiger partial charge in [-0.1, -0.05) is 88.1 Å². The zero-order chi connectivity index (χ0) is 93.2. The number of carbonyl (C=O) groups is 18. The molecule has 0 bridgehead atoms. The minimum atomic E-state index is -1.88. The lowest BCUT2D eigenvalue weighted by atomic mass is 9.91. The Morgan fingerprint density at radius 2 is 1.00 bits per heavy atom. The first-order valence-electron chi connectivity index (χ1n) is 43.4. The number of amides is 15. The Kier molecular flexibility index (Phi) is 36.7. The van der Waals surface area contributed by atoms with Crippen molar-refractivity contribution in [1.29, 1.82) is 0 Å². The molecule has 6 heterocycles. The first-order valence-corrected chi connectivity index (χ1v) is 44.6. The van der Waals surface area contributed by atoms with E-state index in [9.17, 15) is 72.9 Å². The average molecular weight is 1800 g/mol. The maximum atomic E-state index is 15.7. The number of phenols is 1. The van der Waals surface area contributed by atoms with Crippen LogP contribution < -0.4 is 65.1 Å². The Morgan fingerprint density at radius 3 is 1.53 bits per heavy atom. The van der Waals surface area contributed by atoms with Gasteiger partial charge in [0, 0.05) is 118 Å². The van der Waals surface area contributed by atoms with E-state index in [-0.39, 0.29) is 109 Å². The van der Waals surface area contributed by atoms with Crippen LogP contribution in [0.25, 0.3) is 21.8 Å². The molecule has 128 heavy (non-hydrogen) atoms. The fraction of sp³-hybridized carbons (Fsp3) is 0.540. The fourth-order valence-electron chi connectivity index (χ4n) is 16.7. The normalized spacial score (nSPS) is 25.4. The third-order valence-electron chi connectivity index (χ3n) is 23.7. The quantitative estimate of drug-likeness (QED) is 0.0367. The van der Waals surface area contributed by atoms with E-state index in [1.54, 1.807) is 48.8 Å². The van der Waals surface area contributed by atoms with Gasteiger partial charge in [-0.15, -0.1) is 11.8 Å². The largest absolute Gasteiger partial charge is 0.508 e. The number of nitrogens with one attached hydrogen (secondary N) is 11. The number of nitrogens with two attached hydrogens (primary N) is 3. The highest BCUT2D eigenvalue weighted by Gasteiger charge is 2.46. The minimum Gasteiger partial charge on any atom is -0.508 e. The zero-order valence-electron chi connectivity index (χ0n) is 72.5. The van der Waals surface area contributed by atoms with Crippen LogP contribution in [0, 0.1) is 5.92 Å². The number of benzene rings is 3. The number of para-hydroxylation sites is 2. The number of ketones is 1. The summed E-state index contributed by atoms with van der Waals surface area (Å²) in [4.78, 5) is 271. The molecule has 15 amide bonds. The van der Waals surface area contributed by atoms with E-state index in [0.717, 1.165) is 26.5 Å². The number of nitrogens with zero attached hydrogens (tertiary/aromatic N) is 5. The van der Waals surface area contributed by atoms with Crippen LogP contribution in [0.4, 0.5) is 0 Å². The molecular weight excluding hydrogens is 1680 g/mol. The number of H-pyrrole nitrogens is 2. The molecule has 3 aromatic carbocycles. The molecular formula is C87H119N19O21S. The first-order chi connectivity index (χ1) is 61.1. The number of aromatic nitrogens is 2. The molecule has 4 aliphatic rings. The summed E-state index contributed by atoms with van der Waals surface area (Å²) in [6.45, 7) is 3.17. The van der Waals surface area contributed by atoms with Crippen LogP contribution in [-0.2, 0) is 106 Å². The van der Waals surface area contributed by atoms with Gasteiger partial charge in [0.15, 0.2) is 5.78 Å². The van der Waals surface area contributed by atoms with E-state index < -0.39 is 241 Å². The number of carboxylic acid groups (broad SMARTS) is 2. The molecule has 694 valence electrons. The molecule has 2 aromatic heterocycles. The molecule has 4 saturated heterocycles. The molecule has 0 saturated carbocycles. The molecule has 9 rings (SSSR count). The highest BCUT2D eigenvalue weighted by Crippen LogP contribution is 2.29. The van der Waals surface area contributed by atoms with Crippen LogP contribution in [0.1, 0.15) is 147 Å². The first kappa shape index (κ1) is 99.2. The molecule has 0 aliphatic carbocycles. The molecule has 40 nitrogen and oxygen atoms in total. The van der Waals surface area contributed by atoms with Crippen molar-refractivity contribution < 1.29 is 102 Å². The van der Waals surface area contributed by atoms with Gasteiger partial charge in [0.05, 0.1) is 24.8 Å². The van der Waals surface area contributed by atoms with Crippen LogP contribution >= 0.6 is 11.8 Å². The lowest BCUT2D eigenvalue weighted by Gasteiger charge is -2.36. The van der Waals surface area contributed by atoms with E-state index in [4.69, 9.17) is 17.2 Å². The van der Waals surface area contributed by atoms with Gasteiger partial charge >= 0.3 is 11.9 Å². The Labute approximate surface area is 743 Å². The summed E-state index contributed by atoms with van der Waals surface area (Å²) in [6, 6.07) is 0.531. The van der Waals surface area contributed by atoms with Crippen LogP contribution in [0.5, 0.6) is 5.75 Å². The Hall–Kier alpha value is -12.5. The minimum absolute atomic E-state index is 0.00351. The molecule has 20 N–H and O–H groups in total. The Bertz CT molecular complexity index is 4870. The number of carboxylic acids is 2. The monoisotopic (exact) mass is 1800 g/mol. The SMILES string of the molecule is CCCC[C@H]1C(=O)N(C)[C@@H](CCCC)C(=O)N[C@@H](C)C(=O)N[C@H](C(=O)NCC(N)=O)CSCC(=O)N[C@@H](Cc2ccc(O)cc2)C(=O)N2CCC[C@H]2C(=O)N[C@@H](CC(=O)O)C(=O)N2CCC[C@H]2C(=O)N[C@@H](CN)C(=O)N[C@@H](CCC(=O)O)C(=O)N2CCC[C@H]2C(=O)N[C@@H](Cc2c[nH]c3ccccc23)C(=O)C[C@@H](CCN)C(=O)N[C@@H](Cc2c[nH]c3ccccc23)C(=O)N1C. The van der Waals surface area contributed by atoms with Crippen molar-refractivity contribution in [2.45, 2.75) is 228 Å². The molecule has 14 atom stereocenters. The summed E-state index contributed by atoms with van der Waals surface area (Å²) in [6.07, 6.45) is 2.09. The second kappa shape index (κ2) is 47.3. The smallest absolute Gasteiger partial charge is 0.305 e. The number of rotatable bonds is 23. The highest BCUT2D eigenvalue weighted by atomic mass is 32.2.